The van der Waals surface area contributed by atoms with Gasteiger partial charge in [0.1, 0.15) is 5.56 Å². The molecule has 20 heavy (non-hydrogen) atoms. The van der Waals surface area contributed by atoms with Gasteiger partial charge in [0.2, 0.25) is 0 Å². The van der Waals surface area contributed by atoms with Gasteiger partial charge >= 0.3 is 0 Å². The van der Waals surface area contributed by atoms with E-state index in [0.29, 0.717) is 31.8 Å². The number of para-hydroxylation sites is 1. The molecule has 1 saturated heterocycles. The average Bonchev–Trinajstić information content (AvgIpc) is 2.45. The van der Waals surface area contributed by atoms with Crippen LogP contribution in [0.1, 0.15) is 15.9 Å². The SMILES string of the molecule is Cc1cccc(C(=O)N2CCOC(CN)C2)c1[N+](=O)[O-]. The number of aryl methyl sites for hydroxylation is 1. The second-order valence-electron chi connectivity index (χ2n) is 4.71. The number of carbonyl (C=O) groups excluding carboxylic acids is 1. The summed E-state index contributed by atoms with van der Waals surface area (Å²) < 4.78 is 5.39. The molecule has 0 aromatic heterocycles. The molecule has 1 unspecified atom stereocenters. The molecule has 0 radical (unpaired) electrons. The Morgan fingerprint density at radius 2 is 2.35 bits per heavy atom. The summed E-state index contributed by atoms with van der Waals surface area (Å²) in [7, 11) is 0. The summed E-state index contributed by atoms with van der Waals surface area (Å²) in [4.78, 5) is 24.7. The zero-order valence-electron chi connectivity index (χ0n) is 11.2. The molecule has 7 heteroatoms. The van der Waals surface area contributed by atoms with Gasteiger partial charge in [0.25, 0.3) is 11.6 Å². The van der Waals surface area contributed by atoms with Crippen LogP contribution < -0.4 is 5.73 Å². The fraction of sp³-hybridized carbons (Fsp3) is 0.462. The first-order chi connectivity index (χ1) is 9.54. The molecule has 1 heterocycles. The molecule has 2 rings (SSSR count). The number of nitrogens with two attached hydrogens (primary N) is 1. The lowest BCUT2D eigenvalue weighted by atomic mass is 10.1. The Morgan fingerprint density at radius 1 is 1.60 bits per heavy atom. The number of nitro groups is 1. The topological polar surface area (TPSA) is 98.7 Å². The van der Waals surface area contributed by atoms with Crippen LogP contribution in [0.2, 0.25) is 0 Å². The van der Waals surface area contributed by atoms with Crippen molar-refractivity contribution in [1.82, 2.24) is 4.90 Å². The van der Waals surface area contributed by atoms with Crippen LogP contribution in [0.3, 0.4) is 0 Å². The maximum Gasteiger partial charge on any atom is 0.285 e. The number of amides is 1. The molecule has 1 aliphatic heterocycles. The van der Waals surface area contributed by atoms with E-state index < -0.39 is 4.92 Å². The lowest BCUT2D eigenvalue weighted by Gasteiger charge is -2.32. The van der Waals surface area contributed by atoms with Gasteiger partial charge in [0, 0.05) is 25.2 Å². The van der Waals surface area contributed by atoms with Crippen molar-refractivity contribution < 1.29 is 14.5 Å². The fourth-order valence-corrected chi connectivity index (χ4v) is 2.29. The second-order valence-corrected chi connectivity index (χ2v) is 4.71. The van der Waals surface area contributed by atoms with E-state index in [1.165, 1.54) is 6.07 Å². The number of ether oxygens (including phenoxy) is 1. The highest BCUT2D eigenvalue weighted by atomic mass is 16.6. The molecule has 7 nitrogen and oxygen atoms in total. The summed E-state index contributed by atoms with van der Waals surface area (Å²) in [6.07, 6.45) is -0.212. The smallest absolute Gasteiger partial charge is 0.285 e. The van der Waals surface area contributed by atoms with Gasteiger partial charge in [-0.05, 0) is 13.0 Å². The zero-order valence-corrected chi connectivity index (χ0v) is 11.2. The van der Waals surface area contributed by atoms with E-state index in [4.69, 9.17) is 10.5 Å². The summed E-state index contributed by atoms with van der Waals surface area (Å²) in [6.45, 7) is 3.12. The molecule has 108 valence electrons. The maximum absolute atomic E-state index is 12.5. The summed E-state index contributed by atoms with van der Waals surface area (Å²) in [6, 6.07) is 4.76. The van der Waals surface area contributed by atoms with E-state index in [1.54, 1.807) is 24.0 Å². The van der Waals surface area contributed by atoms with E-state index in [1.807, 2.05) is 0 Å². The molecule has 0 spiro atoms. The minimum Gasteiger partial charge on any atom is -0.373 e. The molecular weight excluding hydrogens is 262 g/mol. The predicted molar refractivity (Wildman–Crippen MR) is 72.5 cm³/mol. The Kier molecular flexibility index (Phi) is 4.31. The van der Waals surface area contributed by atoms with Crippen molar-refractivity contribution in [2.24, 2.45) is 5.73 Å². The number of morpholine rings is 1. The molecule has 1 atom stereocenters. The van der Waals surface area contributed by atoms with Crippen LogP contribution in [-0.2, 0) is 4.74 Å². The number of rotatable bonds is 3. The third kappa shape index (κ3) is 2.78. The molecule has 1 aliphatic rings. The maximum atomic E-state index is 12.5. The first-order valence-corrected chi connectivity index (χ1v) is 6.39. The highest BCUT2D eigenvalue weighted by molar-refractivity contribution is 5.98. The lowest BCUT2D eigenvalue weighted by Crippen LogP contribution is -2.48. The van der Waals surface area contributed by atoms with E-state index in [-0.39, 0.29) is 23.3 Å². The van der Waals surface area contributed by atoms with Gasteiger partial charge in [0.15, 0.2) is 0 Å². The van der Waals surface area contributed by atoms with Crippen molar-refractivity contribution in [1.29, 1.82) is 0 Å². The average molecular weight is 279 g/mol. The van der Waals surface area contributed by atoms with Gasteiger partial charge in [-0.15, -0.1) is 0 Å². The number of hydrogen-bond donors (Lipinski definition) is 1. The van der Waals surface area contributed by atoms with E-state index in [2.05, 4.69) is 0 Å². The van der Waals surface area contributed by atoms with Crippen LogP contribution in [0.4, 0.5) is 5.69 Å². The number of nitrogens with zero attached hydrogens (tertiary/aromatic N) is 2. The molecule has 1 aromatic carbocycles. The minimum atomic E-state index is -0.510. The third-order valence-corrected chi connectivity index (χ3v) is 3.34. The Hall–Kier alpha value is -1.99. The summed E-state index contributed by atoms with van der Waals surface area (Å²) in [5.74, 6) is -0.345. The molecule has 1 amide bonds. The van der Waals surface area contributed by atoms with Crippen LogP contribution in [-0.4, -0.2) is 48.1 Å². The van der Waals surface area contributed by atoms with Crippen LogP contribution in [0.5, 0.6) is 0 Å². The lowest BCUT2D eigenvalue weighted by molar-refractivity contribution is -0.385. The summed E-state index contributed by atoms with van der Waals surface area (Å²) in [5.41, 5.74) is 6.00. The second kappa shape index (κ2) is 5.98. The molecule has 2 N–H and O–H groups in total. The van der Waals surface area contributed by atoms with E-state index in [0.717, 1.165) is 0 Å². The van der Waals surface area contributed by atoms with Gasteiger partial charge in [-0.2, -0.15) is 0 Å². The summed E-state index contributed by atoms with van der Waals surface area (Å²) >= 11 is 0. The molecule has 0 bridgehead atoms. The van der Waals surface area contributed by atoms with Crippen molar-refractivity contribution in [3.05, 3.63) is 39.4 Å². The van der Waals surface area contributed by atoms with Crippen molar-refractivity contribution >= 4 is 11.6 Å². The highest BCUT2D eigenvalue weighted by Crippen LogP contribution is 2.25. The van der Waals surface area contributed by atoms with Gasteiger partial charge in [0.05, 0.1) is 17.6 Å². The van der Waals surface area contributed by atoms with Gasteiger partial charge in [-0.1, -0.05) is 12.1 Å². The van der Waals surface area contributed by atoms with E-state index in [9.17, 15) is 14.9 Å². The highest BCUT2D eigenvalue weighted by Gasteiger charge is 2.29. The first kappa shape index (κ1) is 14.4. The van der Waals surface area contributed by atoms with Crippen LogP contribution in [0.15, 0.2) is 18.2 Å². The Balaban J connectivity index is 2.29. The Bertz CT molecular complexity index is 532. The van der Waals surface area contributed by atoms with Crippen molar-refractivity contribution in [3.8, 4) is 0 Å². The van der Waals surface area contributed by atoms with E-state index >= 15 is 0 Å². The zero-order chi connectivity index (χ0) is 14.7. The Morgan fingerprint density at radius 3 is 3.00 bits per heavy atom. The minimum absolute atomic E-state index is 0.118. The number of benzene rings is 1. The molecule has 1 fully saturated rings. The van der Waals surface area contributed by atoms with Gasteiger partial charge in [-0.25, -0.2) is 0 Å². The van der Waals surface area contributed by atoms with Crippen LogP contribution in [0, 0.1) is 17.0 Å². The van der Waals surface area contributed by atoms with Crippen molar-refractivity contribution in [2.45, 2.75) is 13.0 Å². The third-order valence-electron chi connectivity index (χ3n) is 3.34. The van der Waals surface area contributed by atoms with Crippen LogP contribution in [0.25, 0.3) is 0 Å². The predicted octanol–water partition coefficient (Wildman–Crippen LogP) is 0.703. The quantitative estimate of drug-likeness (QED) is 0.648. The largest absolute Gasteiger partial charge is 0.373 e. The molecule has 1 aromatic rings. The Labute approximate surface area is 116 Å². The molecular formula is C13H17N3O4. The van der Waals surface area contributed by atoms with Crippen molar-refractivity contribution in [3.63, 3.8) is 0 Å². The fourth-order valence-electron chi connectivity index (χ4n) is 2.29. The summed E-state index contributed by atoms with van der Waals surface area (Å²) in [5, 5.41) is 11.1. The van der Waals surface area contributed by atoms with Gasteiger partial charge in [-0.3, -0.25) is 14.9 Å². The number of hydrogen-bond acceptors (Lipinski definition) is 5. The monoisotopic (exact) mass is 279 g/mol. The normalized spacial score (nSPS) is 18.9. The first-order valence-electron chi connectivity index (χ1n) is 6.39. The number of nitro benzene ring substituents is 1. The standard InChI is InChI=1S/C13H17N3O4/c1-9-3-2-4-11(12(9)16(18)19)13(17)15-5-6-20-10(7-14)8-15/h2-4,10H,5-8,14H2,1H3. The van der Waals surface area contributed by atoms with Crippen molar-refractivity contribution in [2.75, 3.05) is 26.2 Å². The number of carbonyl (C=O) groups is 1. The van der Waals surface area contributed by atoms with Crippen LogP contribution >= 0.6 is 0 Å². The van der Waals surface area contributed by atoms with Gasteiger partial charge < -0.3 is 15.4 Å². The molecule has 0 aliphatic carbocycles. The molecule has 0 saturated carbocycles.